The van der Waals surface area contributed by atoms with Crippen LogP contribution >= 0.6 is 23.1 Å². The molecule has 0 nitrogen and oxygen atoms in total. The molecule has 68 valence electrons. The highest BCUT2D eigenvalue weighted by atomic mass is 32.2. The Labute approximate surface area is 84.8 Å². The molecule has 0 N–H and O–H groups in total. The molecule has 0 fully saturated rings. The highest BCUT2D eigenvalue weighted by molar-refractivity contribution is 7.98. The largest absolute Gasteiger partial charge is 0.195 e. The zero-order chi connectivity index (χ0) is 9.42. The molecule has 0 aliphatic rings. The van der Waals surface area contributed by atoms with Gasteiger partial charge in [0.15, 0.2) is 5.13 Å². The number of aryl methyl sites for hydroxylation is 1. The molecule has 0 unspecified atom stereocenters. The lowest BCUT2D eigenvalue weighted by molar-refractivity contribution is 0.658. The number of hydrogen-bond donors (Lipinski definition) is 0. The van der Waals surface area contributed by atoms with Crippen molar-refractivity contribution in [2.45, 2.75) is 11.8 Å². The number of hydrogen-bond acceptors (Lipinski definition) is 2. The van der Waals surface area contributed by atoms with Crippen molar-refractivity contribution in [3.8, 4) is 0 Å². The van der Waals surface area contributed by atoms with E-state index in [9.17, 15) is 4.39 Å². The molecule has 2 rings (SSSR count). The number of benzene rings is 1. The van der Waals surface area contributed by atoms with E-state index < -0.39 is 0 Å². The normalized spacial score (nSPS) is 11.0. The molecule has 0 radical (unpaired) electrons. The van der Waals surface area contributed by atoms with Gasteiger partial charge in [0.25, 0.3) is 0 Å². The lowest BCUT2D eigenvalue weighted by atomic mass is 10.2. The van der Waals surface area contributed by atoms with E-state index in [0.717, 1.165) is 10.1 Å². The van der Waals surface area contributed by atoms with Crippen molar-refractivity contribution in [2.75, 3.05) is 6.26 Å². The fourth-order valence-electron chi connectivity index (χ4n) is 1.44. The summed E-state index contributed by atoms with van der Waals surface area (Å²) in [4.78, 5) is 1.19. The molecule has 1 heterocycles. The third kappa shape index (κ3) is 1.46. The van der Waals surface area contributed by atoms with Gasteiger partial charge in [0.1, 0.15) is 0 Å². The second-order valence-corrected chi connectivity index (χ2v) is 4.73. The van der Waals surface area contributed by atoms with Crippen LogP contribution in [0, 0.1) is 12.1 Å². The fraction of sp³-hybridized carbons (Fsp3) is 0.200. The van der Waals surface area contributed by atoms with E-state index in [0.29, 0.717) is 0 Å². The van der Waals surface area contributed by atoms with E-state index in [1.807, 2.05) is 18.4 Å². The molecular formula is C10H9FS2. The Hall–Kier alpha value is -0.540. The molecule has 13 heavy (non-hydrogen) atoms. The van der Waals surface area contributed by atoms with Crippen molar-refractivity contribution in [1.82, 2.24) is 0 Å². The molecular weight excluding hydrogens is 203 g/mol. The highest BCUT2D eigenvalue weighted by Gasteiger charge is 2.07. The number of rotatable bonds is 1. The predicted octanol–water partition coefficient (Wildman–Crippen LogP) is 4.07. The van der Waals surface area contributed by atoms with E-state index in [-0.39, 0.29) is 5.13 Å². The summed E-state index contributed by atoms with van der Waals surface area (Å²) in [5.41, 5.74) is 1.22. The summed E-state index contributed by atoms with van der Waals surface area (Å²) in [7, 11) is 0. The minimum absolute atomic E-state index is 0.101. The van der Waals surface area contributed by atoms with E-state index in [4.69, 9.17) is 0 Å². The predicted molar refractivity (Wildman–Crippen MR) is 58.3 cm³/mol. The molecule has 1 aromatic carbocycles. The highest BCUT2D eigenvalue weighted by Crippen LogP contribution is 2.34. The summed E-state index contributed by atoms with van der Waals surface area (Å²) in [6.07, 6.45) is 2.03. The van der Waals surface area contributed by atoms with Crippen LogP contribution in [0.15, 0.2) is 23.1 Å². The molecule has 0 atom stereocenters. The van der Waals surface area contributed by atoms with Crippen LogP contribution in [0.5, 0.6) is 0 Å². The molecule has 2 aromatic rings. The number of halogens is 1. The third-order valence-corrected chi connectivity index (χ3v) is 3.86. The van der Waals surface area contributed by atoms with Gasteiger partial charge in [-0.1, -0.05) is 6.07 Å². The first-order valence-electron chi connectivity index (χ1n) is 3.95. The van der Waals surface area contributed by atoms with Crippen LogP contribution in [0.4, 0.5) is 4.39 Å². The van der Waals surface area contributed by atoms with Crippen molar-refractivity contribution in [3.63, 3.8) is 0 Å². The SMILES string of the molecule is CSc1c(C)ccc2sc(F)cc12. The Kier molecular flexibility index (Phi) is 2.30. The first kappa shape index (κ1) is 9.03. The summed E-state index contributed by atoms with van der Waals surface area (Å²) in [6, 6.07) is 5.65. The van der Waals surface area contributed by atoms with Crippen LogP contribution in [0.1, 0.15) is 5.56 Å². The maximum Gasteiger partial charge on any atom is 0.177 e. The summed E-state index contributed by atoms with van der Waals surface area (Å²) < 4.78 is 14.0. The molecule has 0 aliphatic carbocycles. The van der Waals surface area contributed by atoms with Gasteiger partial charge in [0, 0.05) is 15.0 Å². The summed E-state index contributed by atoms with van der Waals surface area (Å²) >= 11 is 2.89. The summed E-state index contributed by atoms with van der Waals surface area (Å²) in [5.74, 6) is 0. The second kappa shape index (κ2) is 3.31. The van der Waals surface area contributed by atoms with Crippen LogP contribution in [-0.2, 0) is 0 Å². The minimum atomic E-state index is -0.101. The smallest absolute Gasteiger partial charge is 0.177 e. The van der Waals surface area contributed by atoms with E-state index in [2.05, 4.69) is 6.92 Å². The van der Waals surface area contributed by atoms with Crippen LogP contribution < -0.4 is 0 Å². The summed E-state index contributed by atoms with van der Waals surface area (Å²) in [6.45, 7) is 2.06. The molecule has 0 amide bonds. The van der Waals surface area contributed by atoms with Crippen molar-refractivity contribution in [1.29, 1.82) is 0 Å². The minimum Gasteiger partial charge on any atom is -0.195 e. The maximum atomic E-state index is 13.0. The van der Waals surface area contributed by atoms with Gasteiger partial charge in [-0.15, -0.1) is 23.1 Å². The van der Waals surface area contributed by atoms with Gasteiger partial charge in [0.2, 0.25) is 0 Å². The van der Waals surface area contributed by atoms with Gasteiger partial charge >= 0.3 is 0 Å². The standard InChI is InChI=1S/C10H9FS2/c1-6-3-4-8-7(10(6)12-2)5-9(11)13-8/h3-5H,1-2H3. The first-order valence-corrected chi connectivity index (χ1v) is 5.99. The van der Waals surface area contributed by atoms with Gasteiger partial charge in [-0.2, -0.15) is 4.39 Å². The summed E-state index contributed by atoms with van der Waals surface area (Å²) in [5, 5.41) is 0.950. The Morgan fingerprint density at radius 1 is 1.38 bits per heavy atom. The van der Waals surface area contributed by atoms with E-state index in [1.54, 1.807) is 17.8 Å². The molecule has 0 saturated carbocycles. The molecule has 0 bridgehead atoms. The quantitative estimate of drug-likeness (QED) is 0.642. The topological polar surface area (TPSA) is 0 Å². The number of thiophene rings is 1. The van der Waals surface area contributed by atoms with Gasteiger partial charge < -0.3 is 0 Å². The van der Waals surface area contributed by atoms with Crippen molar-refractivity contribution < 1.29 is 4.39 Å². The van der Waals surface area contributed by atoms with E-state index >= 15 is 0 Å². The Morgan fingerprint density at radius 2 is 2.15 bits per heavy atom. The van der Waals surface area contributed by atoms with Gasteiger partial charge in [-0.3, -0.25) is 0 Å². The first-order chi connectivity index (χ1) is 6.22. The average Bonchev–Trinajstić information content (AvgIpc) is 2.45. The molecule has 0 saturated heterocycles. The third-order valence-electron chi connectivity index (χ3n) is 2.02. The monoisotopic (exact) mass is 212 g/mol. The number of fused-ring (bicyclic) bond motifs is 1. The Morgan fingerprint density at radius 3 is 2.85 bits per heavy atom. The molecule has 0 spiro atoms. The van der Waals surface area contributed by atoms with Gasteiger partial charge in [-0.25, -0.2) is 0 Å². The Bertz CT molecular complexity index is 445. The molecule has 1 aromatic heterocycles. The second-order valence-electron chi connectivity index (χ2n) is 2.88. The maximum absolute atomic E-state index is 13.0. The van der Waals surface area contributed by atoms with Crippen LogP contribution in [0.2, 0.25) is 0 Å². The van der Waals surface area contributed by atoms with Crippen molar-refractivity contribution in [2.24, 2.45) is 0 Å². The van der Waals surface area contributed by atoms with Crippen molar-refractivity contribution >= 4 is 33.2 Å². The molecule has 0 aliphatic heterocycles. The zero-order valence-electron chi connectivity index (χ0n) is 7.43. The zero-order valence-corrected chi connectivity index (χ0v) is 9.06. The number of thioether (sulfide) groups is 1. The van der Waals surface area contributed by atoms with Gasteiger partial charge in [0.05, 0.1) is 0 Å². The average molecular weight is 212 g/mol. The lowest BCUT2D eigenvalue weighted by Gasteiger charge is -2.02. The lowest BCUT2D eigenvalue weighted by Crippen LogP contribution is -1.77. The van der Waals surface area contributed by atoms with Crippen LogP contribution in [0.25, 0.3) is 10.1 Å². The van der Waals surface area contributed by atoms with Gasteiger partial charge in [-0.05, 0) is 30.9 Å². The Balaban J connectivity index is 2.82. The molecule has 3 heteroatoms. The van der Waals surface area contributed by atoms with Crippen molar-refractivity contribution in [3.05, 3.63) is 28.9 Å². The van der Waals surface area contributed by atoms with Crippen LogP contribution in [-0.4, -0.2) is 6.26 Å². The van der Waals surface area contributed by atoms with Crippen LogP contribution in [0.3, 0.4) is 0 Å². The fourth-order valence-corrected chi connectivity index (χ4v) is 3.07. The van der Waals surface area contributed by atoms with E-state index in [1.165, 1.54) is 21.8 Å².